The van der Waals surface area contributed by atoms with Crippen molar-refractivity contribution in [2.45, 2.75) is 19.8 Å². The van der Waals surface area contributed by atoms with Gasteiger partial charge >= 0.3 is 0 Å². The first kappa shape index (κ1) is 15.2. The number of carbonyl (C=O) groups is 1. The largest absolute Gasteiger partial charge is 0.493 e. The van der Waals surface area contributed by atoms with Gasteiger partial charge in [0, 0.05) is 0 Å². The minimum atomic E-state index is -0.149. The average Bonchev–Trinajstić information content (AvgIpc) is 2.95. The number of amides is 1. The number of nitrogens with zero attached hydrogens (tertiary/aromatic N) is 2. The van der Waals surface area contributed by atoms with E-state index in [1.807, 2.05) is 25.1 Å². The molecule has 1 N–H and O–H groups in total. The molecule has 0 radical (unpaired) electrons. The molecule has 112 valence electrons. The number of hydrogen-bond donors (Lipinski definition) is 1. The average molecular weight is 307 g/mol. The highest BCUT2D eigenvalue weighted by molar-refractivity contribution is 7.15. The fourth-order valence-corrected chi connectivity index (χ4v) is 2.32. The fourth-order valence-electron chi connectivity index (χ4n) is 1.62. The van der Waals surface area contributed by atoms with Crippen molar-refractivity contribution in [3.8, 4) is 11.5 Å². The molecule has 0 aliphatic heterocycles. The number of methoxy groups -OCH3 is 1. The topological polar surface area (TPSA) is 73.3 Å². The van der Waals surface area contributed by atoms with Crippen LogP contribution < -0.4 is 14.8 Å². The molecule has 21 heavy (non-hydrogen) atoms. The molecule has 1 aromatic heterocycles. The Bertz CT molecular complexity index is 601. The second-order valence-corrected chi connectivity index (χ2v) is 5.21. The lowest BCUT2D eigenvalue weighted by Crippen LogP contribution is -2.15. The SMILES string of the molecule is CCc1nnc(NC(=O)CCOc2ccccc2OC)s1. The lowest BCUT2D eigenvalue weighted by atomic mass is 10.3. The van der Waals surface area contributed by atoms with Crippen molar-refractivity contribution in [3.63, 3.8) is 0 Å². The maximum Gasteiger partial charge on any atom is 0.229 e. The summed E-state index contributed by atoms with van der Waals surface area (Å²) in [5.74, 6) is 1.12. The van der Waals surface area contributed by atoms with Crippen LogP contribution >= 0.6 is 11.3 Å². The number of hydrogen-bond acceptors (Lipinski definition) is 6. The molecule has 1 aromatic carbocycles. The Hall–Kier alpha value is -2.15. The molecule has 6 nitrogen and oxygen atoms in total. The van der Waals surface area contributed by atoms with Crippen molar-refractivity contribution in [1.82, 2.24) is 10.2 Å². The molecule has 0 spiro atoms. The summed E-state index contributed by atoms with van der Waals surface area (Å²) in [5, 5.41) is 12.0. The Morgan fingerprint density at radius 2 is 2.05 bits per heavy atom. The van der Waals surface area contributed by atoms with Crippen molar-refractivity contribution in [2.24, 2.45) is 0 Å². The third-order valence-electron chi connectivity index (χ3n) is 2.67. The molecule has 0 atom stereocenters. The number of benzene rings is 1. The van der Waals surface area contributed by atoms with E-state index in [-0.39, 0.29) is 18.9 Å². The van der Waals surface area contributed by atoms with Crippen LogP contribution in [0.2, 0.25) is 0 Å². The first-order valence-corrected chi connectivity index (χ1v) is 7.42. The smallest absolute Gasteiger partial charge is 0.229 e. The molecular weight excluding hydrogens is 290 g/mol. The molecule has 1 amide bonds. The van der Waals surface area contributed by atoms with Crippen LogP contribution in [-0.2, 0) is 11.2 Å². The summed E-state index contributed by atoms with van der Waals surface area (Å²) >= 11 is 1.38. The van der Waals surface area contributed by atoms with Crippen LogP contribution in [0.5, 0.6) is 11.5 Å². The summed E-state index contributed by atoms with van der Waals surface area (Å²) < 4.78 is 10.7. The van der Waals surface area contributed by atoms with Gasteiger partial charge in [0.25, 0.3) is 0 Å². The van der Waals surface area contributed by atoms with Crippen molar-refractivity contribution in [2.75, 3.05) is 19.0 Å². The first-order valence-electron chi connectivity index (χ1n) is 6.61. The number of anilines is 1. The molecular formula is C14H17N3O3S. The van der Waals surface area contributed by atoms with Crippen molar-refractivity contribution in [3.05, 3.63) is 29.3 Å². The number of ether oxygens (including phenoxy) is 2. The highest BCUT2D eigenvalue weighted by atomic mass is 32.1. The monoisotopic (exact) mass is 307 g/mol. The number of carbonyl (C=O) groups excluding carboxylic acids is 1. The normalized spacial score (nSPS) is 10.2. The second-order valence-electron chi connectivity index (χ2n) is 4.15. The van der Waals surface area contributed by atoms with E-state index in [1.54, 1.807) is 13.2 Å². The minimum absolute atomic E-state index is 0.149. The Morgan fingerprint density at radius 3 is 2.71 bits per heavy atom. The molecule has 0 aliphatic rings. The quantitative estimate of drug-likeness (QED) is 0.851. The predicted molar refractivity (Wildman–Crippen MR) is 81.0 cm³/mol. The Labute approximate surface area is 127 Å². The summed E-state index contributed by atoms with van der Waals surface area (Å²) in [6, 6.07) is 7.32. The van der Waals surface area contributed by atoms with Gasteiger partial charge in [0.2, 0.25) is 11.0 Å². The molecule has 0 fully saturated rings. The van der Waals surface area contributed by atoms with E-state index in [4.69, 9.17) is 9.47 Å². The fraction of sp³-hybridized carbons (Fsp3) is 0.357. The molecule has 0 saturated heterocycles. The maximum atomic E-state index is 11.8. The van der Waals surface area contributed by atoms with E-state index in [9.17, 15) is 4.79 Å². The van der Waals surface area contributed by atoms with Crippen molar-refractivity contribution < 1.29 is 14.3 Å². The van der Waals surface area contributed by atoms with Gasteiger partial charge in [-0.3, -0.25) is 4.79 Å². The zero-order chi connectivity index (χ0) is 15.1. The zero-order valence-corrected chi connectivity index (χ0v) is 12.8. The van der Waals surface area contributed by atoms with E-state index in [0.29, 0.717) is 16.6 Å². The Morgan fingerprint density at radius 1 is 1.29 bits per heavy atom. The Balaban J connectivity index is 1.79. The summed E-state index contributed by atoms with van der Waals surface area (Å²) in [5.41, 5.74) is 0. The molecule has 2 aromatic rings. The van der Waals surface area contributed by atoms with Crippen LogP contribution in [0, 0.1) is 0 Å². The summed E-state index contributed by atoms with van der Waals surface area (Å²) in [6.45, 7) is 2.26. The number of aromatic nitrogens is 2. The maximum absolute atomic E-state index is 11.8. The lowest BCUT2D eigenvalue weighted by molar-refractivity contribution is -0.116. The van der Waals surface area contributed by atoms with Gasteiger partial charge in [0.05, 0.1) is 20.1 Å². The van der Waals surface area contributed by atoms with Crippen LogP contribution in [0.4, 0.5) is 5.13 Å². The summed E-state index contributed by atoms with van der Waals surface area (Å²) in [7, 11) is 1.58. The Kier molecular flexibility index (Phi) is 5.51. The van der Waals surface area contributed by atoms with Gasteiger partial charge < -0.3 is 14.8 Å². The molecule has 0 saturated carbocycles. The van der Waals surface area contributed by atoms with Gasteiger partial charge in [-0.15, -0.1) is 10.2 Å². The standard InChI is InChI=1S/C14H17N3O3S/c1-3-13-16-17-14(21-13)15-12(18)8-9-20-11-7-5-4-6-10(11)19-2/h4-7H,3,8-9H2,1-2H3,(H,15,17,18). The van der Waals surface area contributed by atoms with E-state index in [0.717, 1.165) is 11.4 Å². The number of nitrogens with one attached hydrogen (secondary N) is 1. The van der Waals surface area contributed by atoms with Crippen molar-refractivity contribution >= 4 is 22.4 Å². The first-order chi connectivity index (χ1) is 10.2. The number of para-hydroxylation sites is 2. The molecule has 0 aliphatic carbocycles. The van der Waals surface area contributed by atoms with E-state index in [1.165, 1.54) is 11.3 Å². The lowest BCUT2D eigenvalue weighted by Gasteiger charge is -2.09. The van der Waals surface area contributed by atoms with Gasteiger partial charge in [0.1, 0.15) is 5.01 Å². The predicted octanol–water partition coefficient (Wildman–Crippen LogP) is 2.52. The second kappa shape index (κ2) is 7.58. The molecule has 0 bridgehead atoms. The number of aryl methyl sites for hydroxylation is 1. The molecule has 0 unspecified atom stereocenters. The molecule has 7 heteroatoms. The zero-order valence-electron chi connectivity index (χ0n) is 12.0. The van der Waals surface area contributed by atoms with Crippen LogP contribution in [0.25, 0.3) is 0 Å². The van der Waals surface area contributed by atoms with Crippen LogP contribution in [-0.4, -0.2) is 29.8 Å². The highest BCUT2D eigenvalue weighted by Crippen LogP contribution is 2.25. The third kappa shape index (κ3) is 4.42. The molecule has 2 rings (SSSR count). The third-order valence-corrected chi connectivity index (χ3v) is 3.65. The van der Waals surface area contributed by atoms with Gasteiger partial charge in [-0.25, -0.2) is 0 Å². The van der Waals surface area contributed by atoms with Gasteiger partial charge in [-0.05, 0) is 18.6 Å². The summed E-state index contributed by atoms with van der Waals surface area (Å²) in [4.78, 5) is 11.8. The van der Waals surface area contributed by atoms with E-state index >= 15 is 0 Å². The number of rotatable bonds is 7. The van der Waals surface area contributed by atoms with Gasteiger partial charge in [-0.2, -0.15) is 0 Å². The van der Waals surface area contributed by atoms with E-state index < -0.39 is 0 Å². The minimum Gasteiger partial charge on any atom is -0.493 e. The van der Waals surface area contributed by atoms with Gasteiger partial charge in [-0.1, -0.05) is 30.4 Å². The van der Waals surface area contributed by atoms with Crippen molar-refractivity contribution in [1.29, 1.82) is 0 Å². The molecule has 1 heterocycles. The summed E-state index contributed by atoms with van der Waals surface area (Å²) in [6.07, 6.45) is 1.05. The van der Waals surface area contributed by atoms with Crippen LogP contribution in [0.3, 0.4) is 0 Å². The van der Waals surface area contributed by atoms with Gasteiger partial charge in [0.15, 0.2) is 11.5 Å². The van der Waals surface area contributed by atoms with E-state index in [2.05, 4.69) is 15.5 Å². The highest BCUT2D eigenvalue weighted by Gasteiger charge is 2.08. The van der Waals surface area contributed by atoms with Crippen LogP contribution in [0.15, 0.2) is 24.3 Å². The van der Waals surface area contributed by atoms with Crippen LogP contribution in [0.1, 0.15) is 18.4 Å².